The summed E-state index contributed by atoms with van der Waals surface area (Å²) in [4.78, 5) is 12.7. The van der Waals surface area contributed by atoms with E-state index in [1.54, 1.807) is 10.9 Å². The number of nitrogens with zero attached hydrogens (tertiary/aromatic N) is 5. The number of methoxy groups -OCH3 is 1. The molecule has 3 atom stereocenters. The van der Waals surface area contributed by atoms with Gasteiger partial charge in [-0.3, -0.25) is 4.68 Å². The van der Waals surface area contributed by atoms with Crippen LogP contribution in [0.5, 0.6) is 5.75 Å². The van der Waals surface area contributed by atoms with E-state index in [2.05, 4.69) is 52.7 Å². The van der Waals surface area contributed by atoms with E-state index < -0.39 is 0 Å². The Morgan fingerprint density at radius 1 is 1.03 bits per heavy atom. The standard InChI is InChI=1S/C31H35N5O3/c1-20(21-9-5-4-6-10-21)39-25-14-8-12-23(16-25)22-11-7-13-24(15-22)36-30(28(18-32-36)31(37)38-3)27-17-26(27)29-19-35(2)34-33-29/h7-8,11-16,18-21,26-27H,4-6,9-10,17H2,1-3H3/t20-,26-,27-/m1/s1. The van der Waals surface area contributed by atoms with E-state index in [0.29, 0.717) is 11.5 Å². The Morgan fingerprint density at radius 3 is 2.54 bits per heavy atom. The van der Waals surface area contributed by atoms with Crippen LogP contribution in [-0.4, -0.2) is 44.0 Å². The first-order valence-electron chi connectivity index (χ1n) is 13.9. The van der Waals surface area contributed by atoms with Gasteiger partial charge >= 0.3 is 5.97 Å². The van der Waals surface area contributed by atoms with Gasteiger partial charge in [-0.15, -0.1) is 5.10 Å². The van der Waals surface area contributed by atoms with Crippen LogP contribution in [0.4, 0.5) is 0 Å². The molecule has 2 aliphatic carbocycles. The van der Waals surface area contributed by atoms with Crippen LogP contribution in [-0.2, 0) is 11.8 Å². The predicted octanol–water partition coefficient (Wildman–Crippen LogP) is 6.07. The highest BCUT2D eigenvalue weighted by molar-refractivity contribution is 5.91. The quantitative estimate of drug-likeness (QED) is 0.260. The average Bonchev–Trinajstić information content (AvgIpc) is 3.42. The molecule has 8 heteroatoms. The van der Waals surface area contributed by atoms with Gasteiger partial charge in [0.2, 0.25) is 0 Å². The molecule has 0 bridgehead atoms. The molecule has 2 aromatic heterocycles. The summed E-state index contributed by atoms with van der Waals surface area (Å²) >= 11 is 0. The minimum Gasteiger partial charge on any atom is -0.490 e. The van der Waals surface area contributed by atoms with E-state index in [4.69, 9.17) is 9.47 Å². The monoisotopic (exact) mass is 525 g/mol. The van der Waals surface area contributed by atoms with Gasteiger partial charge in [-0.05, 0) is 67.5 Å². The van der Waals surface area contributed by atoms with Crippen LogP contribution < -0.4 is 4.74 Å². The molecule has 0 saturated heterocycles. The van der Waals surface area contributed by atoms with Gasteiger partial charge in [0.25, 0.3) is 0 Å². The molecular formula is C31H35N5O3. The summed E-state index contributed by atoms with van der Waals surface area (Å²) in [6.07, 6.45) is 11.1. The highest BCUT2D eigenvalue weighted by Gasteiger charge is 2.46. The average molecular weight is 526 g/mol. The Kier molecular flexibility index (Phi) is 6.94. The maximum absolute atomic E-state index is 12.7. The molecule has 0 spiro atoms. The van der Waals surface area contributed by atoms with Crippen LogP contribution in [0.3, 0.4) is 0 Å². The fraction of sp³-hybridized carbons (Fsp3) is 0.419. The molecule has 2 aliphatic rings. The van der Waals surface area contributed by atoms with Gasteiger partial charge in [-0.2, -0.15) is 5.10 Å². The zero-order chi connectivity index (χ0) is 26.9. The van der Waals surface area contributed by atoms with Gasteiger partial charge < -0.3 is 9.47 Å². The molecular weight excluding hydrogens is 490 g/mol. The molecule has 202 valence electrons. The molecule has 6 rings (SSSR count). The van der Waals surface area contributed by atoms with Crippen LogP contribution in [0.1, 0.15) is 79.0 Å². The molecule has 8 nitrogen and oxygen atoms in total. The van der Waals surface area contributed by atoms with Crippen molar-refractivity contribution in [3.63, 3.8) is 0 Å². The fourth-order valence-electron chi connectivity index (χ4n) is 6.03. The predicted molar refractivity (Wildman–Crippen MR) is 148 cm³/mol. The third kappa shape index (κ3) is 5.20. The molecule has 0 N–H and O–H groups in total. The van der Waals surface area contributed by atoms with Gasteiger partial charge in [0.15, 0.2) is 0 Å². The van der Waals surface area contributed by atoms with Crippen molar-refractivity contribution in [2.75, 3.05) is 7.11 Å². The van der Waals surface area contributed by atoms with E-state index in [0.717, 1.165) is 40.4 Å². The molecule has 0 unspecified atom stereocenters. The third-order valence-corrected chi connectivity index (χ3v) is 8.25. The summed E-state index contributed by atoms with van der Waals surface area (Å²) in [7, 11) is 3.27. The van der Waals surface area contributed by atoms with E-state index in [1.807, 2.05) is 36.1 Å². The molecule has 2 aromatic carbocycles. The fourth-order valence-corrected chi connectivity index (χ4v) is 6.03. The second kappa shape index (κ2) is 10.7. The number of hydrogen-bond acceptors (Lipinski definition) is 6. The van der Waals surface area contributed by atoms with Crippen LogP contribution in [0.25, 0.3) is 16.8 Å². The molecule has 0 radical (unpaired) electrons. The molecule has 2 saturated carbocycles. The number of rotatable bonds is 8. The molecule has 0 amide bonds. The Hall–Kier alpha value is -3.94. The van der Waals surface area contributed by atoms with Crippen molar-refractivity contribution in [2.24, 2.45) is 13.0 Å². The number of benzene rings is 2. The number of aryl methyl sites for hydroxylation is 1. The number of esters is 1. The van der Waals surface area contributed by atoms with Crippen molar-refractivity contribution in [2.45, 2.75) is 63.4 Å². The Labute approximate surface area is 228 Å². The second-order valence-electron chi connectivity index (χ2n) is 10.9. The first-order valence-corrected chi connectivity index (χ1v) is 13.9. The van der Waals surface area contributed by atoms with E-state index >= 15 is 0 Å². The van der Waals surface area contributed by atoms with Gasteiger partial charge in [0.1, 0.15) is 11.3 Å². The lowest BCUT2D eigenvalue weighted by Crippen LogP contribution is -2.25. The van der Waals surface area contributed by atoms with E-state index in [-0.39, 0.29) is 23.9 Å². The number of carbonyl (C=O) groups is 1. The largest absolute Gasteiger partial charge is 0.490 e. The SMILES string of the molecule is COC(=O)c1cnn(-c2cccc(-c3cccc(O[C@H](C)C4CCCCC4)c3)c2)c1[C@@H]1C[C@H]1c1cn(C)nn1. The Bertz CT molecular complexity index is 1470. The summed E-state index contributed by atoms with van der Waals surface area (Å²) in [6.45, 7) is 2.20. The lowest BCUT2D eigenvalue weighted by molar-refractivity contribution is 0.0599. The van der Waals surface area contributed by atoms with Gasteiger partial charge in [-0.1, -0.05) is 48.7 Å². The van der Waals surface area contributed by atoms with Crippen molar-refractivity contribution in [3.05, 3.63) is 77.9 Å². The summed E-state index contributed by atoms with van der Waals surface area (Å²) < 4.78 is 15.1. The number of hydrogen-bond donors (Lipinski definition) is 0. The van der Waals surface area contributed by atoms with Crippen molar-refractivity contribution in [1.82, 2.24) is 24.8 Å². The first kappa shape index (κ1) is 25.3. The normalized spacial score (nSPS) is 20.0. The summed E-state index contributed by atoms with van der Waals surface area (Å²) in [6, 6.07) is 16.6. The topological polar surface area (TPSA) is 84.1 Å². The van der Waals surface area contributed by atoms with Crippen LogP contribution in [0, 0.1) is 5.92 Å². The lowest BCUT2D eigenvalue weighted by atomic mass is 9.86. The third-order valence-electron chi connectivity index (χ3n) is 8.25. The first-order chi connectivity index (χ1) is 19.0. The maximum atomic E-state index is 12.7. The summed E-state index contributed by atoms with van der Waals surface area (Å²) in [5.41, 5.74) is 5.31. The highest BCUT2D eigenvalue weighted by atomic mass is 16.5. The lowest BCUT2D eigenvalue weighted by Gasteiger charge is -2.28. The van der Waals surface area contributed by atoms with Gasteiger partial charge in [0, 0.05) is 25.1 Å². The van der Waals surface area contributed by atoms with E-state index in [1.165, 1.54) is 39.2 Å². The van der Waals surface area contributed by atoms with Gasteiger partial charge in [-0.25, -0.2) is 9.48 Å². The Morgan fingerprint density at radius 2 is 1.79 bits per heavy atom. The van der Waals surface area contributed by atoms with Crippen LogP contribution in [0.15, 0.2) is 60.9 Å². The number of carbonyl (C=O) groups excluding carboxylic acids is 1. The number of aromatic nitrogens is 5. The van der Waals surface area contributed by atoms with Crippen LogP contribution >= 0.6 is 0 Å². The van der Waals surface area contributed by atoms with Gasteiger partial charge in [0.05, 0.1) is 36.5 Å². The molecule has 4 aromatic rings. The van der Waals surface area contributed by atoms with Crippen molar-refractivity contribution in [1.29, 1.82) is 0 Å². The second-order valence-corrected chi connectivity index (χ2v) is 10.9. The molecule has 2 heterocycles. The maximum Gasteiger partial charge on any atom is 0.341 e. The molecule has 2 fully saturated rings. The molecule has 39 heavy (non-hydrogen) atoms. The zero-order valence-electron chi connectivity index (χ0n) is 22.8. The Balaban J connectivity index is 1.29. The molecule has 0 aliphatic heterocycles. The summed E-state index contributed by atoms with van der Waals surface area (Å²) in [5, 5.41) is 13.0. The zero-order valence-corrected chi connectivity index (χ0v) is 22.8. The smallest absolute Gasteiger partial charge is 0.341 e. The van der Waals surface area contributed by atoms with E-state index in [9.17, 15) is 4.79 Å². The van der Waals surface area contributed by atoms with Crippen molar-refractivity contribution >= 4 is 5.97 Å². The summed E-state index contributed by atoms with van der Waals surface area (Å²) in [5.74, 6) is 1.45. The van der Waals surface area contributed by atoms with Crippen molar-refractivity contribution < 1.29 is 14.3 Å². The minimum absolute atomic E-state index is 0.111. The van der Waals surface area contributed by atoms with Crippen molar-refractivity contribution in [3.8, 4) is 22.6 Å². The van der Waals surface area contributed by atoms with Crippen LogP contribution in [0.2, 0.25) is 0 Å². The number of ether oxygens (including phenoxy) is 2. The highest BCUT2D eigenvalue weighted by Crippen LogP contribution is 2.55. The minimum atomic E-state index is -0.380.